The molecule has 1 saturated carbocycles. The molecule has 2 amide bonds. The number of methoxy groups -OCH3 is 1. The number of amides is 2. The molecule has 0 saturated heterocycles. The number of halogens is 1. The minimum absolute atomic E-state index is 0.0101. The van der Waals surface area contributed by atoms with Crippen LogP contribution in [-0.4, -0.2) is 66.6 Å². The van der Waals surface area contributed by atoms with Crippen LogP contribution in [-0.2, 0) is 19.3 Å². The van der Waals surface area contributed by atoms with Crippen molar-refractivity contribution in [2.75, 3.05) is 40.1 Å². The lowest BCUT2D eigenvalue weighted by molar-refractivity contribution is 0.0802. The number of benzene rings is 2. The predicted molar refractivity (Wildman–Crippen MR) is 156 cm³/mol. The fourth-order valence-corrected chi connectivity index (χ4v) is 6.00. The zero-order chi connectivity index (χ0) is 29.1. The van der Waals surface area contributed by atoms with Crippen molar-refractivity contribution < 1.29 is 27.5 Å². The second kappa shape index (κ2) is 15.4. The summed E-state index contributed by atoms with van der Waals surface area (Å²) in [5.41, 5.74) is 1.38. The van der Waals surface area contributed by atoms with E-state index in [0.29, 0.717) is 28.6 Å². The Kier molecular flexibility index (Phi) is 12.2. The number of carbonyl (C=O) groups is 2. The first-order valence-corrected chi connectivity index (χ1v) is 15.9. The summed E-state index contributed by atoms with van der Waals surface area (Å²) >= 11 is 6.26. The second-order valence-electron chi connectivity index (χ2n) is 10.3. The van der Waals surface area contributed by atoms with Gasteiger partial charge in [-0.25, -0.2) is 13.2 Å². The summed E-state index contributed by atoms with van der Waals surface area (Å²) < 4.78 is 36.0. The zero-order valence-electron chi connectivity index (χ0n) is 23.4. The number of ether oxygens (including phenoxy) is 2. The van der Waals surface area contributed by atoms with Crippen LogP contribution in [0, 0.1) is 5.92 Å². The molecule has 2 aromatic rings. The van der Waals surface area contributed by atoms with E-state index in [2.05, 4.69) is 20.7 Å². The Bertz CT molecular complexity index is 1250. The average molecular weight is 594 g/mol. The fraction of sp³-hybridized carbons (Fsp3) is 0.517. The number of likely N-dealkylation sites (N-methyl/N-ethyl adjacent to an activating group) is 1. The molecule has 0 heterocycles. The van der Waals surface area contributed by atoms with Crippen molar-refractivity contribution in [2.45, 2.75) is 55.6 Å². The highest BCUT2D eigenvalue weighted by Gasteiger charge is 2.24. The van der Waals surface area contributed by atoms with Gasteiger partial charge in [-0.2, -0.15) is 0 Å². The van der Waals surface area contributed by atoms with Crippen LogP contribution in [0.1, 0.15) is 66.1 Å². The van der Waals surface area contributed by atoms with E-state index in [4.69, 9.17) is 16.3 Å². The number of sulfone groups is 1. The fourth-order valence-electron chi connectivity index (χ4n) is 5.11. The average Bonchev–Trinajstić information content (AvgIpc) is 2.92. The van der Waals surface area contributed by atoms with Gasteiger partial charge in [-0.15, -0.1) is 0 Å². The normalized spacial score (nSPS) is 15.7. The van der Waals surface area contributed by atoms with Crippen LogP contribution >= 0.6 is 11.6 Å². The topological polar surface area (TPSA) is 123 Å². The molecule has 3 rings (SSSR count). The van der Waals surface area contributed by atoms with E-state index in [0.717, 1.165) is 25.5 Å². The first kappa shape index (κ1) is 31.9. The lowest BCUT2D eigenvalue weighted by Crippen LogP contribution is -2.42. The summed E-state index contributed by atoms with van der Waals surface area (Å²) in [5.74, 6) is 0.213. The van der Waals surface area contributed by atoms with Gasteiger partial charge in [0.2, 0.25) is 0 Å². The van der Waals surface area contributed by atoms with E-state index < -0.39 is 22.0 Å². The smallest absolute Gasteiger partial charge is 0.406 e. The van der Waals surface area contributed by atoms with E-state index in [1.807, 2.05) is 13.1 Å². The second-order valence-corrected chi connectivity index (χ2v) is 12.7. The molecular weight excluding hydrogens is 554 g/mol. The molecule has 1 unspecified atom stereocenters. The van der Waals surface area contributed by atoms with Gasteiger partial charge in [0.1, 0.15) is 6.10 Å². The van der Waals surface area contributed by atoms with E-state index >= 15 is 0 Å². The van der Waals surface area contributed by atoms with Gasteiger partial charge in [0.05, 0.1) is 18.6 Å². The molecule has 0 bridgehead atoms. The van der Waals surface area contributed by atoms with Crippen LogP contribution < -0.4 is 16.0 Å². The highest BCUT2D eigenvalue weighted by Crippen LogP contribution is 2.31. The van der Waals surface area contributed by atoms with Crippen molar-refractivity contribution in [3.05, 3.63) is 64.2 Å². The number of hydrogen-bond donors (Lipinski definition) is 3. The van der Waals surface area contributed by atoms with E-state index in [9.17, 15) is 18.0 Å². The Labute approximate surface area is 242 Å². The van der Waals surface area contributed by atoms with Gasteiger partial charge < -0.3 is 25.4 Å². The lowest BCUT2D eigenvalue weighted by Gasteiger charge is -2.27. The van der Waals surface area contributed by atoms with Crippen molar-refractivity contribution in [2.24, 2.45) is 5.92 Å². The van der Waals surface area contributed by atoms with Crippen LogP contribution in [0.25, 0.3) is 0 Å². The third kappa shape index (κ3) is 9.76. The summed E-state index contributed by atoms with van der Waals surface area (Å²) in [5, 5.41) is 9.33. The third-order valence-electron chi connectivity index (χ3n) is 7.04. The molecule has 3 N–H and O–H groups in total. The minimum atomic E-state index is -3.65. The van der Waals surface area contributed by atoms with E-state index in [-0.39, 0.29) is 35.6 Å². The molecule has 1 aliphatic carbocycles. The van der Waals surface area contributed by atoms with Crippen molar-refractivity contribution in [1.82, 2.24) is 16.0 Å². The highest BCUT2D eigenvalue weighted by molar-refractivity contribution is 7.90. The largest absolute Gasteiger partial charge is 0.453 e. The molecule has 1 fully saturated rings. The van der Waals surface area contributed by atoms with Crippen molar-refractivity contribution >= 4 is 33.4 Å². The number of carbonyl (C=O) groups excluding carboxylic acids is 2. The van der Waals surface area contributed by atoms with Crippen LogP contribution in [0.3, 0.4) is 0 Å². The number of hydrogen-bond acceptors (Lipinski definition) is 7. The van der Waals surface area contributed by atoms with E-state index in [1.165, 1.54) is 38.5 Å². The molecule has 0 spiro atoms. The van der Waals surface area contributed by atoms with Gasteiger partial charge in [0, 0.05) is 36.0 Å². The van der Waals surface area contributed by atoms with Crippen molar-refractivity contribution in [1.29, 1.82) is 0 Å². The molecule has 0 radical (unpaired) electrons. The first-order valence-electron chi connectivity index (χ1n) is 13.6. The van der Waals surface area contributed by atoms with Crippen LogP contribution in [0.15, 0.2) is 47.4 Å². The predicted octanol–water partition coefficient (Wildman–Crippen LogP) is 4.49. The van der Waals surface area contributed by atoms with Gasteiger partial charge in [-0.3, -0.25) is 4.79 Å². The minimum Gasteiger partial charge on any atom is -0.453 e. The van der Waals surface area contributed by atoms with Gasteiger partial charge >= 0.3 is 6.09 Å². The van der Waals surface area contributed by atoms with Crippen molar-refractivity contribution in [3.63, 3.8) is 0 Å². The Morgan fingerprint density at radius 1 is 1.07 bits per heavy atom. The highest BCUT2D eigenvalue weighted by atomic mass is 35.5. The molecule has 1 aliphatic rings. The Morgan fingerprint density at radius 3 is 2.48 bits per heavy atom. The van der Waals surface area contributed by atoms with Gasteiger partial charge in [0.15, 0.2) is 9.84 Å². The maximum atomic E-state index is 13.5. The number of rotatable bonds is 13. The molecule has 0 aliphatic heterocycles. The van der Waals surface area contributed by atoms with E-state index in [1.54, 1.807) is 24.3 Å². The van der Waals surface area contributed by atoms with Crippen LogP contribution in [0.2, 0.25) is 5.02 Å². The molecule has 2 aromatic carbocycles. The molecule has 40 heavy (non-hydrogen) atoms. The Hall–Kier alpha value is -2.66. The number of nitrogens with one attached hydrogen (secondary N) is 3. The summed E-state index contributed by atoms with van der Waals surface area (Å²) in [6.07, 6.45) is 6.64. The molecule has 220 valence electrons. The maximum Gasteiger partial charge on any atom is 0.406 e. The number of alkyl carbamates (subject to hydrolysis) is 1. The van der Waals surface area contributed by atoms with Gasteiger partial charge in [0.25, 0.3) is 5.91 Å². The van der Waals surface area contributed by atoms with Crippen molar-refractivity contribution in [3.8, 4) is 0 Å². The van der Waals surface area contributed by atoms with Crippen LogP contribution in [0.4, 0.5) is 4.79 Å². The van der Waals surface area contributed by atoms with Gasteiger partial charge in [-0.05, 0) is 60.8 Å². The SMILES string of the molecule is CNC[C@H](CC1CCCCC1)NC(=O)c1cc(C(OCCNC(=O)OC)c2cccc(Cl)c2)cc(S(C)(=O)=O)c1. The third-order valence-corrected chi connectivity index (χ3v) is 8.37. The first-order chi connectivity index (χ1) is 19.1. The Morgan fingerprint density at radius 2 is 1.82 bits per heavy atom. The molecule has 0 aromatic heterocycles. The monoisotopic (exact) mass is 593 g/mol. The molecular formula is C29H40ClN3O6S. The Balaban J connectivity index is 1.93. The molecule has 11 heteroatoms. The summed E-state index contributed by atoms with van der Waals surface area (Å²) in [7, 11) is -0.534. The summed E-state index contributed by atoms with van der Waals surface area (Å²) in [6.45, 7) is 0.876. The van der Waals surface area contributed by atoms with Gasteiger partial charge in [-0.1, -0.05) is 55.8 Å². The van der Waals surface area contributed by atoms with Crippen LogP contribution in [0.5, 0.6) is 0 Å². The molecule has 2 atom stereocenters. The maximum absolute atomic E-state index is 13.5. The standard InChI is InChI=1S/C29H40ClN3O6S/c1-31-19-25(14-20-8-5-4-6-9-20)33-28(34)23-15-22(17-26(18-23)40(3,36)37)27(21-10-7-11-24(30)16-21)39-13-12-32-29(35)38-2/h7,10-11,15-18,20,25,27,31H,4-6,8-9,12-14,19H2,1-3H3,(H,32,35)(H,33,34)/t25-,27?/m0/s1. The summed E-state index contributed by atoms with van der Waals surface area (Å²) in [6, 6.07) is 11.5. The molecule has 9 nitrogen and oxygen atoms in total. The lowest BCUT2D eigenvalue weighted by atomic mass is 9.84. The summed E-state index contributed by atoms with van der Waals surface area (Å²) in [4.78, 5) is 25.0. The quantitative estimate of drug-likeness (QED) is 0.292. The zero-order valence-corrected chi connectivity index (χ0v) is 24.9.